The first-order valence-corrected chi connectivity index (χ1v) is 4.26. The third-order valence-corrected chi connectivity index (χ3v) is 0.999. The quantitative estimate of drug-likeness (QED) is 0.429. The van der Waals surface area contributed by atoms with E-state index in [2.05, 4.69) is 0 Å². The number of hydrogen-bond acceptors (Lipinski definition) is 5. The van der Waals surface area contributed by atoms with Crippen molar-refractivity contribution in [3.8, 4) is 0 Å². The van der Waals surface area contributed by atoms with Crippen LogP contribution in [-0.2, 0) is 14.4 Å². The van der Waals surface area contributed by atoms with Gasteiger partial charge in [-0.05, 0) is 0 Å². The van der Waals surface area contributed by atoms with Crippen molar-refractivity contribution in [2.45, 2.75) is 18.4 Å². The van der Waals surface area contributed by atoms with Crippen LogP contribution in [0.1, 0.15) is 0 Å². The molecule has 0 heterocycles. The van der Waals surface area contributed by atoms with Crippen molar-refractivity contribution < 1.29 is 61.2 Å². The number of halogens is 6. The van der Waals surface area contributed by atoms with Crippen molar-refractivity contribution in [2.24, 2.45) is 5.73 Å². The molecule has 0 unspecified atom stereocenters. The van der Waals surface area contributed by atoms with E-state index in [1.165, 1.54) is 0 Å². The van der Waals surface area contributed by atoms with Gasteiger partial charge in [0.25, 0.3) is 0 Å². The number of rotatable bonds is 2. The standard InChI is InChI=1S/C3H7NO3.2C2HF3O2/c4-2(1-5)3(6)7;2*3-2(4,5)1(6)7/h2,5H,1,4H2,(H,6,7);2*(H,6,7)/t2-;;/m0../s1. The summed E-state index contributed by atoms with van der Waals surface area (Å²) in [4.78, 5) is 27.4. The van der Waals surface area contributed by atoms with Gasteiger partial charge in [-0.25, -0.2) is 9.59 Å². The van der Waals surface area contributed by atoms with E-state index in [9.17, 15) is 31.1 Å². The number of aliphatic hydroxyl groups excluding tert-OH is 1. The van der Waals surface area contributed by atoms with Crippen LogP contribution in [0.25, 0.3) is 0 Å². The molecular weight excluding hydrogens is 324 g/mol. The molecule has 0 bridgehead atoms. The van der Waals surface area contributed by atoms with Crippen molar-refractivity contribution in [1.82, 2.24) is 0 Å². The highest BCUT2D eigenvalue weighted by atomic mass is 19.4. The molecule has 0 rings (SSSR count). The lowest BCUT2D eigenvalue weighted by atomic mass is 10.3. The number of aliphatic hydroxyl groups is 1. The summed E-state index contributed by atoms with van der Waals surface area (Å²) in [6, 6.07) is -1.13. The van der Waals surface area contributed by atoms with Gasteiger partial charge in [-0.15, -0.1) is 0 Å². The number of alkyl halides is 6. The Morgan fingerprint density at radius 1 is 0.857 bits per heavy atom. The van der Waals surface area contributed by atoms with Gasteiger partial charge in [-0.1, -0.05) is 0 Å². The number of carboxylic acids is 3. The Balaban J connectivity index is -0.000000231. The van der Waals surface area contributed by atoms with Crippen molar-refractivity contribution >= 4 is 17.9 Å². The summed E-state index contributed by atoms with van der Waals surface area (Å²) in [6.45, 7) is -0.505. The smallest absolute Gasteiger partial charge is 0.480 e. The number of aliphatic carboxylic acids is 3. The Bertz CT molecular complexity index is 328. The van der Waals surface area contributed by atoms with Gasteiger partial charge in [0.2, 0.25) is 0 Å². The summed E-state index contributed by atoms with van der Waals surface area (Å²) in [5, 5.41) is 30.1. The average Bonchev–Trinajstić information content (AvgIpc) is 2.26. The molecule has 14 heteroatoms. The molecule has 8 nitrogen and oxygen atoms in total. The second kappa shape index (κ2) is 9.76. The molecule has 0 aromatic carbocycles. The molecule has 1 atom stereocenters. The van der Waals surface area contributed by atoms with Crippen LogP contribution in [0.4, 0.5) is 26.3 Å². The number of nitrogens with two attached hydrogens (primary N) is 1. The van der Waals surface area contributed by atoms with Gasteiger partial charge >= 0.3 is 30.3 Å². The topological polar surface area (TPSA) is 158 Å². The van der Waals surface area contributed by atoms with E-state index in [1.807, 2.05) is 0 Å². The van der Waals surface area contributed by atoms with E-state index in [1.54, 1.807) is 0 Å². The summed E-state index contributed by atoms with van der Waals surface area (Å²) in [5.74, 6) is -6.69. The normalized spacial score (nSPS) is 12.0. The molecule has 0 aliphatic heterocycles. The summed E-state index contributed by atoms with van der Waals surface area (Å²) in [7, 11) is 0. The molecule has 0 radical (unpaired) electrons. The van der Waals surface area contributed by atoms with E-state index < -0.39 is 42.9 Å². The fourth-order valence-corrected chi connectivity index (χ4v) is 0.0781. The van der Waals surface area contributed by atoms with Gasteiger partial charge in [-0.3, -0.25) is 4.79 Å². The van der Waals surface area contributed by atoms with Crippen LogP contribution in [0.15, 0.2) is 0 Å². The molecule has 0 amide bonds. The van der Waals surface area contributed by atoms with Gasteiger partial charge in [-0.2, -0.15) is 26.3 Å². The zero-order valence-corrected chi connectivity index (χ0v) is 9.64. The molecule has 126 valence electrons. The lowest BCUT2D eigenvalue weighted by Crippen LogP contribution is -2.33. The minimum atomic E-state index is -5.08. The number of carboxylic acid groups (broad SMARTS) is 3. The van der Waals surface area contributed by atoms with Crippen LogP contribution in [0, 0.1) is 0 Å². The van der Waals surface area contributed by atoms with Crippen LogP contribution in [0.3, 0.4) is 0 Å². The first kappa shape index (κ1) is 24.0. The third kappa shape index (κ3) is 17.9. The predicted octanol–water partition coefficient (Wildman–Crippen LogP) is -0.343. The van der Waals surface area contributed by atoms with E-state index in [-0.39, 0.29) is 0 Å². The molecule has 0 aromatic heterocycles. The minimum absolute atomic E-state index is 0.505. The average molecular weight is 333 g/mol. The fraction of sp³-hybridized carbons (Fsp3) is 0.571. The highest BCUT2D eigenvalue weighted by Gasteiger charge is 2.38. The van der Waals surface area contributed by atoms with E-state index >= 15 is 0 Å². The Hall–Kier alpha value is -2.09. The lowest BCUT2D eigenvalue weighted by molar-refractivity contribution is -0.193. The second-order valence-electron chi connectivity index (χ2n) is 2.73. The molecule has 0 aliphatic carbocycles. The van der Waals surface area contributed by atoms with Crippen LogP contribution < -0.4 is 5.73 Å². The molecule has 0 aliphatic rings. The lowest BCUT2D eigenvalue weighted by Gasteiger charge is -1.96. The predicted molar refractivity (Wildman–Crippen MR) is 50.1 cm³/mol. The highest BCUT2D eigenvalue weighted by molar-refractivity contribution is 5.73. The number of hydrogen-bond donors (Lipinski definition) is 5. The van der Waals surface area contributed by atoms with Gasteiger partial charge in [0.15, 0.2) is 0 Å². The second-order valence-corrected chi connectivity index (χ2v) is 2.73. The molecule has 21 heavy (non-hydrogen) atoms. The van der Waals surface area contributed by atoms with Crippen LogP contribution in [0.2, 0.25) is 0 Å². The van der Waals surface area contributed by atoms with Crippen molar-refractivity contribution in [2.75, 3.05) is 6.61 Å². The molecule has 0 saturated carbocycles. The Kier molecular flexibility index (Phi) is 11.1. The van der Waals surface area contributed by atoms with Crippen LogP contribution >= 0.6 is 0 Å². The Morgan fingerprint density at radius 3 is 1.05 bits per heavy atom. The van der Waals surface area contributed by atoms with E-state index in [0.717, 1.165) is 0 Å². The van der Waals surface area contributed by atoms with Crippen molar-refractivity contribution in [3.63, 3.8) is 0 Å². The summed E-state index contributed by atoms with van der Waals surface area (Å²) < 4.78 is 63.5. The molecule has 0 aromatic rings. The third-order valence-electron chi connectivity index (χ3n) is 0.999. The number of carbonyl (C=O) groups is 3. The van der Waals surface area contributed by atoms with Crippen LogP contribution in [0.5, 0.6) is 0 Å². The molecule has 0 saturated heterocycles. The fourth-order valence-electron chi connectivity index (χ4n) is 0.0781. The van der Waals surface area contributed by atoms with Crippen LogP contribution in [-0.4, -0.2) is 63.3 Å². The minimum Gasteiger partial charge on any atom is -0.480 e. The zero-order valence-electron chi connectivity index (χ0n) is 9.64. The van der Waals surface area contributed by atoms with Crippen molar-refractivity contribution in [1.29, 1.82) is 0 Å². The zero-order chi connectivity index (χ0) is 18.0. The van der Waals surface area contributed by atoms with Gasteiger partial charge in [0.05, 0.1) is 6.61 Å². The summed E-state index contributed by atoms with van der Waals surface area (Å²) in [6.07, 6.45) is -10.2. The van der Waals surface area contributed by atoms with E-state index in [0.29, 0.717) is 0 Å². The van der Waals surface area contributed by atoms with Gasteiger partial charge in [0.1, 0.15) is 6.04 Å². The molecule has 0 spiro atoms. The van der Waals surface area contributed by atoms with E-state index in [4.69, 9.17) is 35.7 Å². The molecular formula is C7H9F6NO7. The first-order valence-electron chi connectivity index (χ1n) is 4.26. The SMILES string of the molecule is N[C@@H](CO)C(=O)O.O=C(O)C(F)(F)F.O=C(O)C(F)(F)F. The Morgan fingerprint density at radius 2 is 1.05 bits per heavy atom. The van der Waals surface area contributed by atoms with Crippen molar-refractivity contribution in [3.05, 3.63) is 0 Å². The maximum atomic E-state index is 10.6. The maximum Gasteiger partial charge on any atom is 0.490 e. The maximum absolute atomic E-state index is 10.6. The van der Waals surface area contributed by atoms with Gasteiger partial charge < -0.3 is 26.2 Å². The first-order chi connectivity index (χ1) is 9.07. The highest BCUT2D eigenvalue weighted by Crippen LogP contribution is 2.13. The molecule has 0 fully saturated rings. The largest absolute Gasteiger partial charge is 0.490 e. The monoisotopic (exact) mass is 333 g/mol. The molecule has 6 N–H and O–H groups in total. The van der Waals surface area contributed by atoms with Gasteiger partial charge in [0, 0.05) is 0 Å². The summed E-state index contributed by atoms with van der Waals surface area (Å²) >= 11 is 0. The summed E-state index contributed by atoms with van der Waals surface area (Å²) in [5.41, 5.74) is 4.77. The Labute approximate surface area is 111 Å².